The standard InChI is InChI=1S/C10H17N3S/c1-8-12-13-10(14-8)11-7-6-9-4-2-3-5-9/h9H,2-7H2,1H3,(H,11,13). The molecule has 14 heavy (non-hydrogen) atoms. The second-order valence-electron chi connectivity index (χ2n) is 3.99. The fraction of sp³-hybridized carbons (Fsp3) is 0.800. The van der Waals surface area contributed by atoms with E-state index in [4.69, 9.17) is 0 Å². The number of rotatable bonds is 4. The van der Waals surface area contributed by atoms with Gasteiger partial charge in [0.25, 0.3) is 0 Å². The van der Waals surface area contributed by atoms with Gasteiger partial charge in [-0.15, -0.1) is 10.2 Å². The lowest BCUT2D eigenvalue weighted by atomic mass is 10.0. The predicted molar refractivity (Wildman–Crippen MR) is 59.7 cm³/mol. The largest absolute Gasteiger partial charge is 0.360 e. The first-order valence-electron chi connectivity index (χ1n) is 5.38. The molecule has 0 saturated heterocycles. The van der Waals surface area contributed by atoms with E-state index in [0.29, 0.717) is 0 Å². The van der Waals surface area contributed by atoms with Crippen molar-refractivity contribution in [2.45, 2.75) is 39.0 Å². The minimum atomic E-state index is 0.955. The zero-order valence-corrected chi connectivity index (χ0v) is 9.44. The van der Waals surface area contributed by atoms with Gasteiger partial charge in [0.15, 0.2) is 0 Å². The molecular weight excluding hydrogens is 194 g/mol. The molecule has 0 radical (unpaired) electrons. The van der Waals surface area contributed by atoms with Gasteiger partial charge in [-0.05, 0) is 19.3 Å². The van der Waals surface area contributed by atoms with E-state index in [1.165, 1.54) is 32.1 Å². The average molecular weight is 211 g/mol. The quantitative estimate of drug-likeness (QED) is 0.832. The summed E-state index contributed by atoms with van der Waals surface area (Å²) in [6, 6.07) is 0. The Morgan fingerprint density at radius 1 is 1.36 bits per heavy atom. The zero-order chi connectivity index (χ0) is 9.80. The molecule has 0 amide bonds. The van der Waals surface area contributed by atoms with Crippen LogP contribution in [-0.2, 0) is 0 Å². The van der Waals surface area contributed by atoms with Gasteiger partial charge >= 0.3 is 0 Å². The van der Waals surface area contributed by atoms with Gasteiger partial charge in [-0.1, -0.05) is 37.0 Å². The van der Waals surface area contributed by atoms with Crippen molar-refractivity contribution in [3.8, 4) is 0 Å². The van der Waals surface area contributed by atoms with Crippen molar-refractivity contribution in [2.24, 2.45) is 5.92 Å². The summed E-state index contributed by atoms with van der Waals surface area (Å²) >= 11 is 1.64. The highest BCUT2D eigenvalue weighted by atomic mass is 32.1. The van der Waals surface area contributed by atoms with Crippen LogP contribution in [0.5, 0.6) is 0 Å². The first kappa shape index (κ1) is 9.90. The van der Waals surface area contributed by atoms with Gasteiger partial charge in [0.2, 0.25) is 5.13 Å². The van der Waals surface area contributed by atoms with Crippen LogP contribution >= 0.6 is 11.3 Å². The summed E-state index contributed by atoms with van der Waals surface area (Å²) in [5.74, 6) is 0.955. The molecule has 1 saturated carbocycles. The van der Waals surface area contributed by atoms with Crippen LogP contribution in [0.25, 0.3) is 0 Å². The number of nitrogens with zero attached hydrogens (tertiary/aromatic N) is 2. The number of aromatic nitrogens is 2. The second-order valence-corrected chi connectivity index (χ2v) is 5.17. The lowest BCUT2D eigenvalue weighted by Crippen LogP contribution is -2.06. The van der Waals surface area contributed by atoms with Crippen LogP contribution in [0.4, 0.5) is 5.13 Å². The molecule has 0 aromatic carbocycles. The predicted octanol–water partition coefficient (Wildman–Crippen LogP) is 2.84. The molecule has 0 spiro atoms. The highest BCUT2D eigenvalue weighted by Crippen LogP contribution is 2.27. The Morgan fingerprint density at radius 2 is 2.14 bits per heavy atom. The van der Waals surface area contributed by atoms with E-state index >= 15 is 0 Å². The third kappa shape index (κ3) is 2.67. The van der Waals surface area contributed by atoms with Gasteiger partial charge in [-0.2, -0.15) is 0 Å². The first-order valence-corrected chi connectivity index (χ1v) is 6.20. The highest BCUT2D eigenvalue weighted by molar-refractivity contribution is 7.15. The van der Waals surface area contributed by atoms with Crippen molar-refractivity contribution in [1.82, 2.24) is 10.2 Å². The van der Waals surface area contributed by atoms with Gasteiger partial charge in [0.1, 0.15) is 5.01 Å². The summed E-state index contributed by atoms with van der Waals surface area (Å²) in [6.45, 7) is 3.04. The van der Waals surface area contributed by atoms with E-state index in [0.717, 1.165) is 22.6 Å². The Balaban J connectivity index is 1.67. The number of aryl methyl sites for hydroxylation is 1. The Hall–Kier alpha value is -0.640. The molecule has 1 aromatic heterocycles. The summed E-state index contributed by atoms with van der Waals surface area (Å²) in [7, 11) is 0. The summed E-state index contributed by atoms with van der Waals surface area (Å²) in [4.78, 5) is 0. The van der Waals surface area contributed by atoms with Crippen LogP contribution in [-0.4, -0.2) is 16.7 Å². The van der Waals surface area contributed by atoms with Crippen molar-refractivity contribution in [1.29, 1.82) is 0 Å². The fourth-order valence-electron chi connectivity index (χ4n) is 2.05. The minimum absolute atomic E-state index is 0.955. The van der Waals surface area contributed by atoms with E-state index in [9.17, 15) is 0 Å². The third-order valence-electron chi connectivity index (χ3n) is 2.83. The molecule has 78 valence electrons. The van der Waals surface area contributed by atoms with Gasteiger partial charge < -0.3 is 5.32 Å². The van der Waals surface area contributed by atoms with Crippen molar-refractivity contribution < 1.29 is 0 Å². The normalized spacial score (nSPS) is 17.5. The maximum absolute atomic E-state index is 4.04. The number of anilines is 1. The van der Waals surface area contributed by atoms with E-state index in [1.807, 2.05) is 6.92 Å². The Kier molecular flexibility index (Phi) is 3.35. The van der Waals surface area contributed by atoms with Gasteiger partial charge in [-0.25, -0.2) is 0 Å². The minimum Gasteiger partial charge on any atom is -0.360 e. The molecule has 1 heterocycles. The monoisotopic (exact) mass is 211 g/mol. The molecule has 1 N–H and O–H groups in total. The SMILES string of the molecule is Cc1nnc(NCCC2CCCC2)s1. The summed E-state index contributed by atoms with van der Waals surface area (Å²) in [5.41, 5.74) is 0. The molecule has 1 aromatic rings. The molecule has 3 nitrogen and oxygen atoms in total. The molecule has 2 rings (SSSR count). The van der Waals surface area contributed by atoms with Crippen molar-refractivity contribution in [3.63, 3.8) is 0 Å². The molecular formula is C10H17N3S. The molecule has 0 aliphatic heterocycles. The van der Waals surface area contributed by atoms with Crippen LogP contribution in [0.3, 0.4) is 0 Å². The first-order chi connectivity index (χ1) is 6.84. The summed E-state index contributed by atoms with van der Waals surface area (Å²) in [5, 5.41) is 13.4. The average Bonchev–Trinajstić information content (AvgIpc) is 2.77. The molecule has 1 aliphatic rings. The van der Waals surface area contributed by atoms with Crippen LogP contribution in [0.1, 0.15) is 37.1 Å². The van der Waals surface area contributed by atoms with Crippen LogP contribution in [0.15, 0.2) is 0 Å². The summed E-state index contributed by atoms with van der Waals surface area (Å²) in [6.07, 6.45) is 7.01. The lowest BCUT2D eigenvalue weighted by Gasteiger charge is -2.07. The van der Waals surface area contributed by atoms with Crippen LogP contribution in [0.2, 0.25) is 0 Å². The maximum atomic E-state index is 4.04. The van der Waals surface area contributed by atoms with Gasteiger partial charge in [0.05, 0.1) is 0 Å². The van der Waals surface area contributed by atoms with E-state index in [-0.39, 0.29) is 0 Å². The lowest BCUT2D eigenvalue weighted by molar-refractivity contribution is 0.518. The zero-order valence-electron chi connectivity index (χ0n) is 8.62. The van der Waals surface area contributed by atoms with E-state index < -0.39 is 0 Å². The summed E-state index contributed by atoms with van der Waals surface area (Å²) < 4.78 is 0. The molecule has 1 aliphatic carbocycles. The molecule has 0 bridgehead atoms. The Morgan fingerprint density at radius 3 is 2.79 bits per heavy atom. The highest BCUT2D eigenvalue weighted by Gasteiger charge is 2.14. The third-order valence-corrected chi connectivity index (χ3v) is 3.63. The smallest absolute Gasteiger partial charge is 0.205 e. The number of nitrogens with one attached hydrogen (secondary N) is 1. The topological polar surface area (TPSA) is 37.8 Å². The Bertz CT molecular complexity index is 279. The molecule has 0 atom stereocenters. The fourth-order valence-corrected chi connectivity index (χ4v) is 2.67. The second kappa shape index (κ2) is 4.73. The Labute approximate surface area is 88.9 Å². The van der Waals surface area contributed by atoms with Crippen molar-refractivity contribution >= 4 is 16.5 Å². The number of hydrogen-bond acceptors (Lipinski definition) is 4. The molecule has 4 heteroatoms. The van der Waals surface area contributed by atoms with Crippen molar-refractivity contribution in [3.05, 3.63) is 5.01 Å². The van der Waals surface area contributed by atoms with Gasteiger partial charge in [0, 0.05) is 6.54 Å². The van der Waals surface area contributed by atoms with E-state index in [1.54, 1.807) is 11.3 Å². The van der Waals surface area contributed by atoms with Crippen molar-refractivity contribution in [2.75, 3.05) is 11.9 Å². The molecule has 1 fully saturated rings. The maximum Gasteiger partial charge on any atom is 0.205 e. The number of hydrogen-bond donors (Lipinski definition) is 1. The molecule has 0 unspecified atom stereocenters. The van der Waals surface area contributed by atoms with E-state index in [2.05, 4.69) is 15.5 Å². The van der Waals surface area contributed by atoms with Crippen LogP contribution in [0, 0.1) is 12.8 Å². The van der Waals surface area contributed by atoms with Crippen LogP contribution < -0.4 is 5.32 Å². The van der Waals surface area contributed by atoms with Gasteiger partial charge in [-0.3, -0.25) is 0 Å².